The monoisotopic (exact) mass is 416 g/mol. The van der Waals surface area contributed by atoms with Crippen LogP contribution in [0, 0.1) is 0 Å². The molecular formula is C23H32N2O3S. The molecule has 1 N–H and O–H groups in total. The van der Waals surface area contributed by atoms with E-state index in [4.69, 9.17) is 4.74 Å². The van der Waals surface area contributed by atoms with Crippen LogP contribution in [0.3, 0.4) is 0 Å². The Labute approximate surface area is 177 Å². The molecule has 1 aliphatic rings. The van der Waals surface area contributed by atoms with Gasteiger partial charge in [-0.05, 0) is 62.6 Å². The minimum atomic E-state index is -1.85. The summed E-state index contributed by atoms with van der Waals surface area (Å²) >= 11 is -1.85. The summed E-state index contributed by atoms with van der Waals surface area (Å²) in [4.78, 5) is 4.51. The fourth-order valence-corrected chi connectivity index (χ4v) is 4.45. The number of fused-ring (bicyclic) bond motifs is 1. The van der Waals surface area contributed by atoms with Gasteiger partial charge in [0.05, 0.1) is 18.0 Å². The highest BCUT2D eigenvalue weighted by Crippen LogP contribution is 2.38. The molecule has 0 saturated heterocycles. The van der Waals surface area contributed by atoms with Gasteiger partial charge < -0.3 is 19.1 Å². The summed E-state index contributed by atoms with van der Waals surface area (Å²) in [5.41, 5.74) is 5.15. The van der Waals surface area contributed by atoms with Gasteiger partial charge in [-0.1, -0.05) is 18.2 Å². The molecule has 0 bridgehead atoms. The summed E-state index contributed by atoms with van der Waals surface area (Å²) in [6, 6.07) is 15.1. The lowest BCUT2D eigenvalue weighted by Gasteiger charge is -2.33. The van der Waals surface area contributed by atoms with Gasteiger partial charge in [-0.2, -0.15) is 0 Å². The van der Waals surface area contributed by atoms with Crippen LogP contribution in [-0.4, -0.2) is 42.1 Å². The van der Waals surface area contributed by atoms with Crippen molar-refractivity contribution in [2.75, 3.05) is 37.0 Å². The highest BCUT2D eigenvalue weighted by molar-refractivity contribution is 7.78. The highest BCUT2D eigenvalue weighted by Gasteiger charge is 2.31. The summed E-state index contributed by atoms with van der Waals surface area (Å²) in [5, 5.41) is 0. The molecule has 0 amide bonds. The summed E-state index contributed by atoms with van der Waals surface area (Å²) in [5.74, 6) is 0.136. The predicted octanol–water partition coefficient (Wildman–Crippen LogP) is 4.18. The Bertz CT molecular complexity index is 865. The van der Waals surface area contributed by atoms with Crippen molar-refractivity contribution in [1.82, 2.24) is 0 Å². The van der Waals surface area contributed by atoms with Gasteiger partial charge in [-0.15, -0.1) is 0 Å². The summed E-state index contributed by atoms with van der Waals surface area (Å²) in [7, 11) is 4.10. The Morgan fingerprint density at radius 3 is 2.45 bits per heavy atom. The second kappa shape index (κ2) is 8.86. The van der Waals surface area contributed by atoms with Crippen molar-refractivity contribution in [1.29, 1.82) is 0 Å². The van der Waals surface area contributed by atoms with Crippen LogP contribution >= 0.6 is 0 Å². The average Bonchev–Trinajstić information content (AvgIpc) is 2.78. The zero-order valence-corrected chi connectivity index (χ0v) is 18.8. The Morgan fingerprint density at radius 2 is 1.83 bits per heavy atom. The van der Waals surface area contributed by atoms with Crippen molar-refractivity contribution in [2.45, 2.75) is 44.6 Å². The van der Waals surface area contributed by atoms with Crippen LogP contribution in [-0.2, 0) is 33.6 Å². The number of anilines is 2. The van der Waals surface area contributed by atoms with Gasteiger partial charge in [0, 0.05) is 43.6 Å². The first-order valence-electron chi connectivity index (χ1n) is 10.0. The molecule has 29 heavy (non-hydrogen) atoms. The van der Waals surface area contributed by atoms with E-state index in [9.17, 15) is 8.76 Å². The third-order valence-corrected chi connectivity index (χ3v) is 6.20. The molecule has 2 unspecified atom stereocenters. The van der Waals surface area contributed by atoms with Crippen LogP contribution in [0.25, 0.3) is 0 Å². The topological polar surface area (TPSA) is 53.0 Å². The molecule has 0 saturated carbocycles. The van der Waals surface area contributed by atoms with E-state index >= 15 is 0 Å². The van der Waals surface area contributed by atoms with Crippen LogP contribution in [0.5, 0.6) is 0 Å². The van der Waals surface area contributed by atoms with Crippen LogP contribution in [0.15, 0.2) is 42.5 Å². The van der Waals surface area contributed by atoms with E-state index in [1.807, 2.05) is 26.2 Å². The van der Waals surface area contributed by atoms with Gasteiger partial charge in [-0.3, -0.25) is 0 Å². The average molecular weight is 417 g/mol. The maximum absolute atomic E-state index is 11.3. The molecule has 6 heteroatoms. The molecule has 1 heterocycles. The molecular weight excluding hydrogens is 384 g/mol. The fourth-order valence-electron chi connectivity index (χ4n) is 3.98. The van der Waals surface area contributed by atoms with Crippen molar-refractivity contribution < 1.29 is 13.5 Å². The molecule has 2 atom stereocenters. The van der Waals surface area contributed by atoms with Crippen molar-refractivity contribution in [3.05, 3.63) is 59.2 Å². The lowest BCUT2D eigenvalue weighted by atomic mass is 9.93. The van der Waals surface area contributed by atoms with E-state index in [2.05, 4.69) is 60.9 Å². The third-order valence-electron chi connectivity index (χ3n) is 5.62. The smallest absolute Gasteiger partial charge is 0.157 e. The second-order valence-electron chi connectivity index (χ2n) is 8.48. The van der Waals surface area contributed by atoms with Gasteiger partial charge in [0.15, 0.2) is 11.1 Å². The Morgan fingerprint density at radius 1 is 1.17 bits per heavy atom. The Hall–Kier alpha value is -1.89. The first-order chi connectivity index (χ1) is 13.7. The number of ether oxygens (including phenoxy) is 1. The van der Waals surface area contributed by atoms with Gasteiger partial charge in [0.25, 0.3) is 0 Å². The molecule has 3 rings (SSSR count). The zero-order valence-electron chi connectivity index (χ0n) is 18.0. The SMILES string of the molecule is CC(Cc1ccc(N(C)C)cc1)N1CCOC(C)(C)c2cc(CS(=O)O)ccc21. The zero-order chi connectivity index (χ0) is 21.2. The largest absolute Gasteiger partial charge is 0.378 e. The molecule has 0 aliphatic carbocycles. The van der Waals surface area contributed by atoms with Gasteiger partial charge in [0.2, 0.25) is 0 Å². The van der Waals surface area contributed by atoms with E-state index in [1.165, 1.54) is 11.3 Å². The van der Waals surface area contributed by atoms with E-state index in [-0.39, 0.29) is 5.75 Å². The maximum atomic E-state index is 11.3. The van der Waals surface area contributed by atoms with E-state index < -0.39 is 16.7 Å². The lowest BCUT2D eigenvalue weighted by Crippen LogP contribution is -2.36. The molecule has 0 aromatic heterocycles. The van der Waals surface area contributed by atoms with Gasteiger partial charge >= 0.3 is 0 Å². The van der Waals surface area contributed by atoms with E-state index in [0.717, 1.165) is 29.8 Å². The normalized spacial score (nSPS) is 17.9. The van der Waals surface area contributed by atoms with Crippen LogP contribution in [0.1, 0.15) is 37.5 Å². The molecule has 2 aromatic rings. The molecule has 158 valence electrons. The minimum absolute atomic E-state index is 0.136. The maximum Gasteiger partial charge on any atom is 0.157 e. The first-order valence-corrected chi connectivity index (χ1v) is 11.3. The van der Waals surface area contributed by atoms with E-state index in [0.29, 0.717) is 12.6 Å². The highest BCUT2D eigenvalue weighted by atomic mass is 32.2. The summed E-state index contributed by atoms with van der Waals surface area (Å²) in [6.45, 7) is 7.85. The molecule has 5 nitrogen and oxygen atoms in total. The predicted molar refractivity (Wildman–Crippen MR) is 121 cm³/mol. The van der Waals surface area contributed by atoms with Crippen LogP contribution in [0.4, 0.5) is 11.4 Å². The standard InChI is InChI=1S/C23H32N2O3S/c1-17(14-18-6-9-20(10-7-18)24(4)5)25-12-13-28-23(2,3)21-15-19(16-29(26)27)8-11-22(21)25/h6-11,15,17H,12-14,16H2,1-5H3,(H,26,27). The number of hydrogen-bond acceptors (Lipinski definition) is 4. The van der Waals surface area contributed by atoms with Crippen molar-refractivity contribution in [2.24, 2.45) is 0 Å². The number of nitrogens with zero attached hydrogens (tertiary/aromatic N) is 2. The fraction of sp³-hybridized carbons (Fsp3) is 0.478. The summed E-state index contributed by atoms with van der Waals surface area (Å²) < 4.78 is 26.7. The minimum Gasteiger partial charge on any atom is -0.378 e. The second-order valence-corrected chi connectivity index (χ2v) is 9.42. The van der Waals surface area contributed by atoms with Crippen LogP contribution < -0.4 is 9.80 Å². The molecule has 1 aliphatic heterocycles. The Balaban J connectivity index is 1.88. The lowest BCUT2D eigenvalue weighted by molar-refractivity contribution is -0.0133. The summed E-state index contributed by atoms with van der Waals surface area (Å²) in [6.07, 6.45) is 0.940. The molecule has 2 aromatic carbocycles. The van der Waals surface area contributed by atoms with Crippen molar-refractivity contribution >= 4 is 22.5 Å². The van der Waals surface area contributed by atoms with Crippen molar-refractivity contribution in [3.63, 3.8) is 0 Å². The first kappa shape index (κ1) is 21.8. The van der Waals surface area contributed by atoms with Crippen LogP contribution in [0.2, 0.25) is 0 Å². The molecule has 0 fully saturated rings. The van der Waals surface area contributed by atoms with E-state index in [1.54, 1.807) is 0 Å². The Kier molecular flexibility index (Phi) is 6.66. The number of rotatable bonds is 6. The molecule has 0 spiro atoms. The molecule has 0 radical (unpaired) electrons. The van der Waals surface area contributed by atoms with Gasteiger partial charge in [-0.25, -0.2) is 4.21 Å². The van der Waals surface area contributed by atoms with Crippen molar-refractivity contribution in [3.8, 4) is 0 Å². The quantitative estimate of drug-likeness (QED) is 0.716. The number of benzene rings is 2. The number of hydrogen-bond donors (Lipinski definition) is 1. The third kappa shape index (κ3) is 5.18. The van der Waals surface area contributed by atoms with Gasteiger partial charge in [0.1, 0.15) is 0 Å².